The number of carbonyl (C=O) groups is 3. The molecule has 3 saturated heterocycles. The van der Waals surface area contributed by atoms with Gasteiger partial charge in [0.2, 0.25) is 0 Å². The number of aromatic nitrogens is 2. The maximum Gasteiger partial charge on any atom is 0.351 e. The Bertz CT molecular complexity index is 1220. The van der Waals surface area contributed by atoms with Crippen molar-refractivity contribution < 1.29 is 37.9 Å². The van der Waals surface area contributed by atoms with E-state index in [1.807, 2.05) is 37.0 Å². The van der Waals surface area contributed by atoms with Crippen LogP contribution < -0.4 is 10.8 Å². The molecule has 14 nitrogen and oxygen atoms in total. The molecule has 0 bridgehead atoms. The molecule has 4 rings (SSSR count). The summed E-state index contributed by atoms with van der Waals surface area (Å²) in [5.41, 5.74) is -1.30. The highest BCUT2D eigenvalue weighted by molar-refractivity contribution is 7.61. The molecule has 0 aliphatic carbocycles. The van der Waals surface area contributed by atoms with Gasteiger partial charge in [-0.15, -0.1) is 0 Å². The second-order valence-electron chi connectivity index (χ2n) is 10.9. The van der Waals surface area contributed by atoms with Gasteiger partial charge in [-0.1, -0.05) is 0 Å². The van der Waals surface area contributed by atoms with E-state index in [9.17, 15) is 23.7 Å². The van der Waals surface area contributed by atoms with E-state index in [1.54, 1.807) is 0 Å². The zero-order valence-corrected chi connectivity index (χ0v) is 23.4. The van der Waals surface area contributed by atoms with Gasteiger partial charge in [0.05, 0.1) is 0 Å². The summed E-state index contributed by atoms with van der Waals surface area (Å²) in [6, 6.07) is 1.47. The van der Waals surface area contributed by atoms with Gasteiger partial charge in [-0.25, -0.2) is 14.1 Å². The first-order valence-electron chi connectivity index (χ1n) is 12.2. The van der Waals surface area contributed by atoms with Gasteiger partial charge in [0.1, 0.15) is 18.5 Å². The number of nitrogens with one attached hydrogen (secondary N) is 1. The van der Waals surface area contributed by atoms with Gasteiger partial charge in [0.25, 0.3) is 0 Å². The van der Waals surface area contributed by atoms with Crippen LogP contribution in [0.5, 0.6) is 0 Å². The molecule has 1 aromatic rings. The van der Waals surface area contributed by atoms with Crippen molar-refractivity contribution in [3.8, 4) is 0 Å². The van der Waals surface area contributed by atoms with E-state index in [4.69, 9.17) is 18.9 Å². The van der Waals surface area contributed by atoms with Crippen LogP contribution in [0.1, 0.15) is 54.7 Å². The number of hydrogen-bond acceptors (Lipinski definition) is 10. The highest BCUT2D eigenvalue weighted by atomic mass is 31.2. The summed E-state index contributed by atoms with van der Waals surface area (Å²) in [4.78, 5) is 52.2. The molecule has 1 aromatic heterocycles. The van der Waals surface area contributed by atoms with Gasteiger partial charge in [-0.3, -0.25) is 28.6 Å². The number of ether oxygens (including phenoxy) is 4. The zero-order chi connectivity index (χ0) is 28.2. The monoisotopic (exact) mass is 555 g/mol. The molecular formula is C23H34N5O9P. The van der Waals surface area contributed by atoms with E-state index in [0.29, 0.717) is 13.1 Å². The number of nitrogens with zero attached hydrogens (tertiary/aromatic N) is 4. The predicted octanol–water partition coefficient (Wildman–Crippen LogP) is 1.28. The molecule has 0 spiro atoms. The summed E-state index contributed by atoms with van der Waals surface area (Å²) in [7, 11) is -3.25. The van der Waals surface area contributed by atoms with E-state index < -0.39 is 55.7 Å². The summed E-state index contributed by atoms with van der Waals surface area (Å²) in [6.07, 6.45) is -3.26. The molecule has 3 aliphatic heterocycles. The Labute approximate surface area is 220 Å². The van der Waals surface area contributed by atoms with Crippen molar-refractivity contribution in [2.24, 2.45) is 0 Å². The van der Waals surface area contributed by atoms with E-state index >= 15 is 0 Å². The fourth-order valence-corrected chi connectivity index (χ4v) is 8.04. The standard InChI is InChI=1S/C23H34N5O9P/c1-13(29)34-10-16-18(35-14(2)30)19(36-15(3)31)20(37-16)26-9-8-17(24-21(26)32)25-38(33,27-11-22(27,4)5)28-12-23(28,6)7/h8-9,16,18-20H,10-12H2,1-7H3,(H,24,25,32,33)/t16-,18-,19-,20-,27?,28?,38?/m1/s1. The second kappa shape index (κ2) is 9.74. The smallest absolute Gasteiger partial charge is 0.351 e. The van der Waals surface area contributed by atoms with Gasteiger partial charge in [0.15, 0.2) is 18.4 Å². The number of anilines is 1. The molecule has 1 N–H and O–H groups in total. The average molecular weight is 556 g/mol. The molecule has 38 heavy (non-hydrogen) atoms. The van der Waals surface area contributed by atoms with Crippen LogP contribution in [0.3, 0.4) is 0 Å². The van der Waals surface area contributed by atoms with Crippen LogP contribution in [0.15, 0.2) is 17.1 Å². The molecular weight excluding hydrogens is 521 g/mol. The highest BCUT2D eigenvalue weighted by Crippen LogP contribution is 2.68. The fraction of sp³-hybridized carbons (Fsp3) is 0.696. The van der Waals surface area contributed by atoms with Gasteiger partial charge in [-0.05, 0) is 33.8 Å². The van der Waals surface area contributed by atoms with Crippen molar-refractivity contribution in [2.45, 2.75) is 84.1 Å². The Hall–Kier alpha value is -2.80. The molecule has 0 saturated carbocycles. The minimum Gasteiger partial charge on any atom is -0.463 e. The Kier molecular flexibility index (Phi) is 7.23. The van der Waals surface area contributed by atoms with Crippen molar-refractivity contribution >= 4 is 31.3 Å². The molecule has 3 fully saturated rings. The summed E-state index contributed by atoms with van der Waals surface area (Å²) in [6.45, 7) is 12.4. The lowest BCUT2D eigenvalue weighted by Crippen LogP contribution is -2.41. The summed E-state index contributed by atoms with van der Waals surface area (Å²) in [5.74, 6) is -1.86. The second-order valence-corrected chi connectivity index (χ2v) is 13.2. The third-order valence-electron chi connectivity index (χ3n) is 6.62. The first-order valence-corrected chi connectivity index (χ1v) is 13.8. The van der Waals surface area contributed by atoms with Gasteiger partial charge in [0, 0.05) is 51.1 Å². The molecule has 15 heteroatoms. The first kappa shape index (κ1) is 28.2. The van der Waals surface area contributed by atoms with E-state index in [2.05, 4.69) is 10.1 Å². The third-order valence-corrected chi connectivity index (χ3v) is 9.82. The van der Waals surface area contributed by atoms with E-state index in [-0.39, 0.29) is 23.5 Å². The number of hydrogen-bond donors (Lipinski definition) is 1. The van der Waals surface area contributed by atoms with Crippen LogP contribution in [-0.2, 0) is 37.9 Å². The average Bonchev–Trinajstić information content (AvgIpc) is 3.60. The Morgan fingerprint density at radius 2 is 1.55 bits per heavy atom. The number of carbonyl (C=O) groups excluding carboxylic acids is 3. The number of esters is 3. The maximum absolute atomic E-state index is 14.1. The Morgan fingerprint density at radius 1 is 1.03 bits per heavy atom. The lowest BCUT2D eigenvalue weighted by atomic mass is 10.1. The van der Waals surface area contributed by atoms with Crippen LogP contribution in [0, 0.1) is 0 Å². The first-order chi connectivity index (χ1) is 17.5. The third kappa shape index (κ3) is 5.63. The van der Waals surface area contributed by atoms with Gasteiger partial charge in [-0.2, -0.15) is 4.98 Å². The highest BCUT2D eigenvalue weighted by Gasteiger charge is 2.64. The maximum atomic E-state index is 14.1. The lowest BCUT2D eigenvalue weighted by Gasteiger charge is -2.26. The van der Waals surface area contributed by atoms with E-state index in [1.165, 1.54) is 26.1 Å². The minimum atomic E-state index is -3.25. The minimum absolute atomic E-state index is 0.106. The normalized spacial score (nSPS) is 32.0. The topological polar surface area (TPSA) is 158 Å². The van der Waals surface area contributed by atoms with Crippen molar-refractivity contribution in [3.05, 3.63) is 22.7 Å². The van der Waals surface area contributed by atoms with Crippen LogP contribution in [0.4, 0.5) is 5.82 Å². The molecule has 6 atom stereocenters. The van der Waals surface area contributed by atoms with Crippen molar-refractivity contribution in [1.29, 1.82) is 0 Å². The quantitative estimate of drug-likeness (QED) is 0.201. The van der Waals surface area contributed by atoms with Crippen molar-refractivity contribution in [1.82, 2.24) is 18.9 Å². The van der Waals surface area contributed by atoms with Crippen LogP contribution in [0.2, 0.25) is 0 Å². The predicted molar refractivity (Wildman–Crippen MR) is 133 cm³/mol. The molecule has 0 aromatic carbocycles. The zero-order valence-electron chi connectivity index (χ0n) is 22.5. The Morgan fingerprint density at radius 3 is 2.00 bits per heavy atom. The summed E-state index contributed by atoms with van der Waals surface area (Å²) in [5, 5.41) is 3.00. The van der Waals surface area contributed by atoms with Crippen LogP contribution in [0.25, 0.3) is 0 Å². The van der Waals surface area contributed by atoms with Crippen molar-refractivity contribution in [3.63, 3.8) is 0 Å². The summed E-state index contributed by atoms with van der Waals surface area (Å²) >= 11 is 0. The fourth-order valence-electron chi connectivity index (χ4n) is 4.57. The molecule has 0 amide bonds. The van der Waals surface area contributed by atoms with Gasteiger partial charge < -0.3 is 18.9 Å². The van der Waals surface area contributed by atoms with E-state index in [0.717, 1.165) is 11.5 Å². The molecule has 0 radical (unpaired) electrons. The number of rotatable bonds is 9. The van der Waals surface area contributed by atoms with Crippen LogP contribution >= 0.6 is 7.59 Å². The Balaban J connectivity index is 1.62. The largest absolute Gasteiger partial charge is 0.463 e. The molecule has 210 valence electrons. The summed E-state index contributed by atoms with van der Waals surface area (Å²) < 4.78 is 40.5. The molecule has 4 heterocycles. The van der Waals surface area contributed by atoms with Crippen molar-refractivity contribution in [2.75, 3.05) is 24.8 Å². The SMILES string of the molecule is CC(=O)OC[C@H]1O[C@@H](n2ccc(NP(=O)(N3CC3(C)C)N3CC3(C)C)nc2=O)[C@H](OC(C)=O)[C@@H]1OC(C)=O. The van der Waals surface area contributed by atoms with Crippen LogP contribution in [-0.4, -0.2) is 85.9 Å². The lowest BCUT2D eigenvalue weighted by molar-refractivity contribution is -0.166. The molecule has 2 unspecified atom stereocenters. The molecule has 3 aliphatic rings. The van der Waals surface area contributed by atoms with Gasteiger partial charge >= 0.3 is 31.2 Å².